The number of hydrogen-bond donors (Lipinski definition) is 1. The van der Waals surface area contributed by atoms with Crippen LogP contribution in [0.5, 0.6) is 0 Å². The third kappa shape index (κ3) is 4.24. The molecule has 0 fully saturated rings. The molecule has 6 heteroatoms. The third-order valence-corrected chi connectivity index (χ3v) is 2.07. The van der Waals surface area contributed by atoms with Gasteiger partial charge in [0.05, 0.1) is 5.02 Å². The molecule has 0 heterocycles. The highest BCUT2D eigenvalue weighted by molar-refractivity contribution is 6.32. The standard InChI is InChI=1S/C11H9ClFNO3/c12-8-2-1-3-9(13)7(8)4-5-11(16)17-6-10(14)15/h1-5H,6H2,(H2,14,15). The molecule has 17 heavy (non-hydrogen) atoms. The van der Waals surface area contributed by atoms with Crippen molar-refractivity contribution in [3.8, 4) is 0 Å². The SMILES string of the molecule is NC(=O)COC(=O)C=Cc1c(F)cccc1Cl. The van der Waals surface area contributed by atoms with Crippen LogP contribution in [0.4, 0.5) is 4.39 Å². The first kappa shape index (κ1) is 13.2. The van der Waals surface area contributed by atoms with Gasteiger partial charge in [0.15, 0.2) is 6.61 Å². The van der Waals surface area contributed by atoms with E-state index < -0.39 is 24.3 Å². The summed E-state index contributed by atoms with van der Waals surface area (Å²) in [4.78, 5) is 21.4. The number of ether oxygens (including phenoxy) is 1. The van der Waals surface area contributed by atoms with Crippen molar-refractivity contribution in [2.75, 3.05) is 6.61 Å². The Hall–Kier alpha value is -1.88. The molecule has 0 radical (unpaired) electrons. The minimum Gasteiger partial charge on any atom is -0.452 e. The molecule has 0 spiro atoms. The molecule has 0 aliphatic heterocycles. The van der Waals surface area contributed by atoms with E-state index in [1.807, 2.05) is 0 Å². The smallest absolute Gasteiger partial charge is 0.331 e. The second kappa shape index (κ2) is 6.00. The molecule has 0 aliphatic carbocycles. The predicted molar refractivity (Wildman–Crippen MR) is 60.6 cm³/mol. The first-order chi connectivity index (χ1) is 8.00. The number of primary amides is 1. The Morgan fingerprint density at radius 2 is 2.18 bits per heavy atom. The third-order valence-electron chi connectivity index (χ3n) is 1.74. The monoisotopic (exact) mass is 257 g/mol. The molecule has 4 nitrogen and oxygen atoms in total. The summed E-state index contributed by atoms with van der Waals surface area (Å²) in [5.41, 5.74) is 4.85. The van der Waals surface area contributed by atoms with Crippen LogP contribution in [0.1, 0.15) is 5.56 Å². The van der Waals surface area contributed by atoms with Crippen molar-refractivity contribution in [3.05, 3.63) is 40.7 Å². The topological polar surface area (TPSA) is 69.4 Å². The van der Waals surface area contributed by atoms with Crippen molar-refractivity contribution in [1.82, 2.24) is 0 Å². The zero-order chi connectivity index (χ0) is 12.8. The van der Waals surface area contributed by atoms with Crippen LogP contribution < -0.4 is 5.73 Å². The molecule has 0 saturated heterocycles. The molecule has 1 rings (SSSR count). The molecule has 0 unspecified atom stereocenters. The lowest BCUT2D eigenvalue weighted by Gasteiger charge is -2.00. The number of benzene rings is 1. The number of amides is 1. The van der Waals surface area contributed by atoms with Gasteiger partial charge >= 0.3 is 5.97 Å². The molecule has 0 bridgehead atoms. The fraction of sp³-hybridized carbons (Fsp3) is 0.0909. The Morgan fingerprint density at radius 3 is 2.76 bits per heavy atom. The van der Waals surface area contributed by atoms with Gasteiger partial charge in [-0.2, -0.15) is 0 Å². The van der Waals surface area contributed by atoms with Gasteiger partial charge in [-0.1, -0.05) is 17.7 Å². The molecule has 90 valence electrons. The van der Waals surface area contributed by atoms with E-state index in [2.05, 4.69) is 4.74 Å². The molecular formula is C11H9ClFNO3. The highest BCUT2D eigenvalue weighted by atomic mass is 35.5. The van der Waals surface area contributed by atoms with Gasteiger partial charge in [-0.15, -0.1) is 0 Å². The van der Waals surface area contributed by atoms with E-state index >= 15 is 0 Å². The maximum absolute atomic E-state index is 13.3. The molecular weight excluding hydrogens is 249 g/mol. The van der Waals surface area contributed by atoms with Crippen LogP contribution >= 0.6 is 11.6 Å². The van der Waals surface area contributed by atoms with Gasteiger partial charge in [-0.3, -0.25) is 4.79 Å². The van der Waals surface area contributed by atoms with Crippen molar-refractivity contribution in [2.24, 2.45) is 5.73 Å². The maximum Gasteiger partial charge on any atom is 0.331 e. The van der Waals surface area contributed by atoms with Gasteiger partial charge in [0.25, 0.3) is 5.91 Å². The van der Waals surface area contributed by atoms with E-state index in [0.717, 1.165) is 6.08 Å². The number of nitrogens with two attached hydrogens (primary N) is 1. The van der Waals surface area contributed by atoms with E-state index in [9.17, 15) is 14.0 Å². The first-order valence-corrected chi connectivity index (χ1v) is 4.95. The second-order valence-corrected chi connectivity index (χ2v) is 3.45. The molecule has 2 N–H and O–H groups in total. The van der Waals surface area contributed by atoms with Crippen molar-refractivity contribution in [3.63, 3.8) is 0 Å². The fourth-order valence-corrected chi connectivity index (χ4v) is 1.24. The quantitative estimate of drug-likeness (QED) is 0.657. The van der Waals surface area contributed by atoms with Gasteiger partial charge in [-0.25, -0.2) is 9.18 Å². The van der Waals surface area contributed by atoms with Gasteiger partial charge in [0, 0.05) is 11.6 Å². The Kier molecular flexibility index (Phi) is 4.66. The average Bonchev–Trinajstić information content (AvgIpc) is 2.25. The Bertz CT molecular complexity index is 454. The molecule has 0 aliphatic rings. The lowest BCUT2D eigenvalue weighted by molar-refractivity contribution is -0.142. The summed E-state index contributed by atoms with van der Waals surface area (Å²) in [6.45, 7) is -0.520. The summed E-state index contributed by atoms with van der Waals surface area (Å²) < 4.78 is 17.7. The molecule has 1 amide bonds. The fourth-order valence-electron chi connectivity index (χ4n) is 1.01. The van der Waals surface area contributed by atoms with Crippen LogP contribution in [0.25, 0.3) is 6.08 Å². The van der Waals surface area contributed by atoms with Crippen molar-refractivity contribution in [1.29, 1.82) is 0 Å². The van der Waals surface area contributed by atoms with E-state index in [-0.39, 0.29) is 10.6 Å². The second-order valence-electron chi connectivity index (χ2n) is 3.04. The summed E-state index contributed by atoms with van der Waals surface area (Å²) in [6, 6.07) is 4.14. The van der Waals surface area contributed by atoms with Crippen molar-refractivity contribution >= 4 is 29.6 Å². The Labute approximate surface area is 102 Å². The average molecular weight is 258 g/mol. The Morgan fingerprint density at radius 1 is 1.47 bits per heavy atom. The number of hydrogen-bond acceptors (Lipinski definition) is 3. The molecule has 0 atom stereocenters. The highest BCUT2D eigenvalue weighted by Gasteiger charge is 2.05. The van der Waals surface area contributed by atoms with E-state index in [1.54, 1.807) is 0 Å². The van der Waals surface area contributed by atoms with Crippen LogP contribution in [0.2, 0.25) is 5.02 Å². The highest BCUT2D eigenvalue weighted by Crippen LogP contribution is 2.20. The van der Waals surface area contributed by atoms with Gasteiger partial charge in [-0.05, 0) is 18.2 Å². The van der Waals surface area contributed by atoms with Gasteiger partial charge < -0.3 is 10.5 Å². The van der Waals surface area contributed by atoms with Crippen LogP contribution in [0, 0.1) is 5.82 Å². The van der Waals surface area contributed by atoms with E-state index in [4.69, 9.17) is 17.3 Å². The largest absolute Gasteiger partial charge is 0.452 e. The van der Waals surface area contributed by atoms with Crippen LogP contribution in [-0.2, 0) is 14.3 Å². The molecule has 0 aromatic heterocycles. The Balaban J connectivity index is 2.70. The van der Waals surface area contributed by atoms with Crippen LogP contribution in [0.3, 0.4) is 0 Å². The predicted octanol–water partition coefficient (Wildman–Crippen LogP) is 1.52. The van der Waals surface area contributed by atoms with Gasteiger partial charge in [0.2, 0.25) is 0 Å². The summed E-state index contributed by atoms with van der Waals surface area (Å²) in [7, 11) is 0. The van der Waals surface area contributed by atoms with Crippen LogP contribution in [0.15, 0.2) is 24.3 Å². The van der Waals surface area contributed by atoms with E-state index in [0.29, 0.717) is 0 Å². The first-order valence-electron chi connectivity index (χ1n) is 4.58. The van der Waals surface area contributed by atoms with Crippen molar-refractivity contribution in [2.45, 2.75) is 0 Å². The van der Waals surface area contributed by atoms with E-state index in [1.165, 1.54) is 24.3 Å². The summed E-state index contributed by atoms with van der Waals surface area (Å²) in [5, 5.41) is 0.170. The molecule has 0 saturated carbocycles. The summed E-state index contributed by atoms with van der Waals surface area (Å²) >= 11 is 5.72. The lowest BCUT2D eigenvalue weighted by Crippen LogP contribution is -2.19. The maximum atomic E-state index is 13.3. The van der Waals surface area contributed by atoms with Crippen molar-refractivity contribution < 1.29 is 18.7 Å². The minimum absolute atomic E-state index is 0.0743. The van der Waals surface area contributed by atoms with Crippen LogP contribution in [-0.4, -0.2) is 18.5 Å². The summed E-state index contributed by atoms with van der Waals surface area (Å²) in [5.74, 6) is -2.13. The zero-order valence-electron chi connectivity index (χ0n) is 8.65. The molecule has 1 aromatic carbocycles. The summed E-state index contributed by atoms with van der Waals surface area (Å²) in [6.07, 6.45) is 2.13. The number of carbonyl (C=O) groups is 2. The number of rotatable bonds is 4. The number of halogens is 2. The minimum atomic E-state index is -0.803. The number of carbonyl (C=O) groups excluding carboxylic acids is 2. The normalized spacial score (nSPS) is 10.5. The molecule has 1 aromatic rings. The number of esters is 1. The lowest BCUT2D eigenvalue weighted by atomic mass is 10.2. The van der Waals surface area contributed by atoms with Gasteiger partial charge in [0.1, 0.15) is 5.82 Å². The zero-order valence-corrected chi connectivity index (χ0v) is 9.41.